The molecule has 0 unspecified atom stereocenters. The van der Waals surface area contributed by atoms with Gasteiger partial charge in [-0.2, -0.15) is 4.31 Å². The average molecular weight is 217 g/mol. The molecule has 0 spiro atoms. The summed E-state index contributed by atoms with van der Waals surface area (Å²) in [5.74, 6) is 0.646. The van der Waals surface area contributed by atoms with Gasteiger partial charge in [0.25, 0.3) is 0 Å². The summed E-state index contributed by atoms with van der Waals surface area (Å²) in [6.07, 6.45) is 8.44. The predicted molar refractivity (Wildman–Crippen MR) is 56.5 cm³/mol. The summed E-state index contributed by atoms with van der Waals surface area (Å²) in [6.45, 7) is 0.750. The van der Waals surface area contributed by atoms with E-state index in [4.69, 9.17) is 0 Å². The average Bonchev–Trinajstić information content (AvgIpc) is 2.15. The van der Waals surface area contributed by atoms with Crippen molar-refractivity contribution in [2.45, 2.75) is 44.6 Å². The Morgan fingerprint density at radius 3 is 2.43 bits per heavy atom. The largest absolute Gasteiger partial charge is 0.212 e. The van der Waals surface area contributed by atoms with Crippen molar-refractivity contribution in [1.29, 1.82) is 0 Å². The standard InChI is InChI=1S/C10H19NO2S/c1-14(12,13)11-8-4-6-9-5-2-3-7-10(9)11/h9-10H,2-8H2,1H3/t9-,10-/m0/s1. The zero-order valence-electron chi connectivity index (χ0n) is 8.78. The molecule has 1 saturated carbocycles. The van der Waals surface area contributed by atoms with E-state index in [9.17, 15) is 8.42 Å². The molecule has 82 valence electrons. The molecule has 2 atom stereocenters. The van der Waals surface area contributed by atoms with Crippen molar-refractivity contribution < 1.29 is 8.42 Å². The molecule has 1 aliphatic heterocycles. The predicted octanol–water partition coefficient (Wildman–Crippen LogP) is 1.60. The highest BCUT2D eigenvalue weighted by atomic mass is 32.2. The van der Waals surface area contributed by atoms with E-state index in [0.717, 1.165) is 19.4 Å². The highest BCUT2D eigenvalue weighted by Gasteiger charge is 2.37. The van der Waals surface area contributed by atoms with E-state index in [-0.39, 0.29) is 0 Å². The van der Waals surface area contributed by atoms with Gasteiger partial charge in [-0.25, -0.2) is 8.42 Å². The van der Waals surface area contributed by atoms with Gasteiger partial charge < -0.3 is 0 Å². The number of sulfonamides is 1. The van der Waals surface area contributed by atoms with Gasteiger partial charge >= 0.3 is 0 Å². The van der Waals surface area contributed by atoms with E-state index in [1.54, 1.807) is 4.31 Å². The lowest BCUT2D eigenvalue weighted by Crippen LogP contribution is -2.49. The van der Waals surface area contributed by atoms with Crippen LogP contribution in [0.4, 0.5) is 0 Å². The van der Waals surface area contributed by atoms with Crippen LogP contribution in [0.1, 0.15) is 38.5 Å². The zero-order valence-corrected chi connectivity index (χ0v) is 9.59. The van der Waals surface area contributed by atoms with Crippen LogP contribution in [0, 0.1) is 5.92 Å². The van der Waals surface area contributed by atoms with Crippen molar-refractivity contribution in [3.63, 3.8) is 0 Å². The second kappa shape index (κ2) is 3.81. The van der Waals surface area contributed by atoms with Gasteiger partial charge in [-0.15, -0.1) is 0 Å². The molecule has 0 radical (unpaired) electrons. The van der Waals surface area contributed by atoms with E-state index < -0.39 is 10.0 Å². The first kappa shape index (κ1) is 10.4. The summed E-state index contributed by atoms with van der Waals surface area (Å²) in [5.41, 5.74) is 0. The van der Waals surface area contributed by atoms with Crippen molar-refractivity contribution in [2.24, 2.45) is 5.92 Å². The molecule has 0 aromatic rings. The second-order valence-electron chi connectivity index (χ2n) is 4.63. The molecule has 2 aliphatic rings. The van der Waals surface area contributed by atoms with Crippen molar-refractivity contribution in [3.05, 3.63) is 0 Å². The summed E-state index contributed by atoms with van der Waals surface area (Å²) in [7, 11) is -2.96. The molecule has 0 N–H and O–H groups in total. The van der Waals surface area contributed by atoms with E-state index in [1.807, 2.05) is 0 Å². The van der Waals surface area contributed by atoms with E-state index in [2.05, 4.69) is 0 Å². The molecule has 4 heteroatoms. The van der Waals surface area contributed by atoms with Crippen LogP contribution < -0.4 is 0 Å². The Bertz CT molecular complexity index is 297. The molecule has 2 fully saturated rings. The maximum atomic E-state index is 11.6. The van der Waals surface area contributed by atoms with Gasteiger partial charge in [0.1, 0.15) is 0 Å². The molecule has 3 nitrogen and oxygen atoms in total. The summed E-state index contributed by atoms with van der Waals surface area (Å²) in [5, 5.41) is 0. The lowest BCUT2D eigenvalue weighted by Gasteiger charge is -2.42. The number of rotatable bonds is 1. The van der Waals surface area contributed by atoms with Crippen molar-refractivity contribution in [2.75, 3.05) is 12.8 Å². The first-order valence-corrected chi connectivity index (χ1v) is 7.40. The summed E-state index contributed by atoms with van der Waals surface area (Å²) in [6, 6.07) is 0.326. The Kier molecular flexibility index (Phi) is 2.84. The Morgan fingerprint density at radius 2 is 1.71 bits per heavy atom. The smallest absolute Gasteiger partial charge is 0.211 e. The van der Waals surface area contributed by atoms with Crippen LogP contribution in [0.2, 0.25) is 0 Å². The van der Waals surface area contributed by atoms with Gasteiger partial charge in [-0.05, 0) is 31.6 Å². The lowest BCUT2D eigenvalue weighted by atomic mass is 9.79. The highest BCUT2D eigenvalue weighted by Crippen LogP contribution is 2.36. The minimum atomic E-state index is -2.96. The van der Waals surface area contributed by atoms with Gasteiger partial charge in [-0.1, -0.05) is 12.8 Å². The topological polar surface area (TPSA) is 37.4 Å². The van der Waals surface area contributed by atoms with Crippen molar-refractivity contribution >= 4 is 10.0 Å². The molecule has 0 amide bonds. The minimum absolute atomic E-state index is 0.326. The molecular weight excluding hydrogens is 198 g/mol. The monoisotopic (exact) mass is 217 g/mol. The van der Waals surface area contributed by atoms with Gasteiger partial charge in [0.15, 0.2) is 0 Å². The number of hydrogen-bond acceptors (Lipinski definition) is 2. The number of piperidine rings is 1. The van der Waals surface area contributed by atoms with Gasteiger partial charge in [0, 0.05) is 12.6 Å². The van der Waals surface area contributed by atoms with Gasteiger partial charge in [0.2, 0.25) is 10.0 Å². The first-order chi connectivity index (χ1) is 6.59. The number of fused-ring (bicyclic) bond motifs is 1. The Balaban J connectivity index is 2.17. The molecular formula is C10H19NO2S. The van der Waals surface area contributed by atoms with Crippen LogP contribution >= 0.6 is 0 Å². The summed E-state index contributed by atoms with van der Waals surface area (Å²) in [4.78, 5) is 0. The van der Waals surface area contributed by atoms with Crippen LogP contribution in [0.25, 0.3) is 0 Å². The quantitative estimate of drug-likeness (QED) is 0.669. The Morgan fingerprint density at radius 1 is 1.07 bits per heavy atom. The molecule has 0 bridgehead atoms. The summed E-state index contributed by atoms with van der Waals surface area (Å²) >= 11 is 0. The fourth-order valence-electron chi connectivity index (χ4n) is 2.99. The molecule has 1 saturated heterocycles. The third-order valence-electron chi connectivity index (χ3n) is 3.62. The molecule has 2 rings (SSSR count). The second-order valence-corrected chi connectivity index (χ2v) is 6.56. The number of hydrogen-bond donors (Lipinski definition) is 0. The van der Waals surface area contributed by atoms with Crippen LogP contribution in [0.5, 0.6) is 0 Å². The fraction of sp³-hybridized carbons (Fsp3) is 1.00. The maximum Gasteiger partial charge on any atom is 0.211 e. The molecule has 1 heterocycles. The SMILES string of the molecule is CS(=O)(=O)N1CCC[C@@H]2CCCC[C@@H]21. The van der Waals surface area contributed by atoms with E-state index >= 15 is 0 Å². The fourth-order valence-corrected chi connectivity index (χ4v) is 4.22. The van der Waals surface area contributed by atoms with Gasteiger partial charge in [0.05, 0.1) is 6.26 Å². The molecule has 1 aliphatic carbocycles. The first-order valence-electron chi connectivity index (χ1n) is 5.56. The Labute approximate surface area is 86.5 Å². The van der Waals surface area contributed by atoms with E-state index in [0.29, 0.717) is 12.0 Å². The van der Waals surface area contributed by atoms with Gasteiger partial charge in [-0.3, -0.25) is 0 Å². The third-order valence-corrected chi connectivity index (χ3v) is 4.92. The van der Waals surface area contributed by atoms with Crippen LogP contribution in [0.3, 0.4) is 0 Å². The van der Waals surface area contributed by atoms with E-state index in [1.165, 1.54) is 31.9 Å². The molecule has 0 aromatic heterocycles. The zero-order chi connectivity index (χ0) is 10.2. The summed E-state index contributed by atoms with van der Waals surface area (Å²) < 4.78 is 24.9. The number of nitrogens with zero attached hydrogens (tertiary/aromatic N) is 1. The lowest BCUT2D eigenvalue weighted by molar-refractivity contribution is 0.130. The normalized spacial score (nSPS) is 35.2. The highest BCUT2D eigenvalue weighted by molar-refractivity contribution is 7.88. The third kappa shape index (κ3) is 1.96. The molecule has 14 heavy (non-hydrogen) atoms. The van der Waals surface area contributed by atoms with Crippen LogP contribution in [-0.2, 0) is 10.0 Å². The van der Waals surface area contributed by atoms with Crippen molar-refractivity contribution in [1.82, 2.24) is 4.31 Å². The van der Waals surface area contributed by atoms with Crippen LogP contribution in [0.15, 0.2) is 0 Å². The maximum absolute atomic E-state index is 11.6. The minimum Gasteiger partial charge on any atom is -0.212 e. The van der Waals surface area contributed by atoms with Crippen molar-refractivity contribution in [3.8, 4) is 0 Å². The molecule has 0 aromatic carbocycles. The Hall–Kier alpha value is -0.0900. The van der Waals surface area contributed by atoms with Crippen LogP contribution in [-0.4, -0.2) is 31.6 Å².